The molecule has 1 heterocycles. The van der Waals surface area contributed by atoms with Gasteiger partial charge >= 0.3 is 11.9 Å². The first-order valence-corrected chi connectivity index (χ1v) is 6.32. The standard InChI is InChI=1S/C15H15NO4/c1-3-10(14(17)18)13-11(15(19)20)7-9-6-4-5-8(2)12(9)16-13/h4-7,10H,3H2,1-2H3,(H,17,18)(H,19,20). The van der Waals surface area contributed by atoms with Gasteiger partial charge in [0.25, 0.3) is 0 Å². The lowest BCUT2D eigenvalue weighted by atomic mass is 9.95. The molecule has 0 aliphatic heterocycles. The van der Waals surface area contributed by atoms with Gasteiger partial charge in [-0.1, -0.05) is 25.1 Å². The number of aromatic carboxylic acids is 1. The third-order valence-corrected chi connectivity index (χ3v) is 3.34. The van der Waals surface area contributed by atoms with Crippen molar-refractivity contribution < 1.29 is 19.8 Å². The summed E-state index contributed by atoms with van der Waals surface area (Å²) in [4.78, 5) is 27.0. The zero-order valence-electron chi connectivity index (χ0n) is 11.3. The van der Waals surface area contributed by atoms with Gasteiger partial charge in [-0.25, -0.2) is 4.79 Å². The first kappa shape index (κ1) is 14.0. The summed E-state index contributed by atoms with van der Waals surface area (Å²) < 4.78 is 0. The topological polar surface area (TPSA) is 87.5 Å². The average Bonchev–Trinajstić information content (AvgIpc) is 2.39. The maximum Gasteiger partial charge on any atom is 0.337 e. The lowest BCUT2D eigenvalue weighted by molar-refractivity contribution is -0.138. The Morgan fingerprint density at radius 2 is 2.00 bits per heavy atom. The predicted octanol–water partition coefficient (Wildman–Crippen LogP) is 2.82. The lowest BCUT2D eigenvalue weighted by Gasteiger charge is -2.14. The van der Waals surface area contributed by atoms with Crippen molar-refractivity contribution >= 4 is 22.8 Å². The second-order valence-electron chi connectivity index (χ2n) is 4.67. The lowest BCUT2D eigenvalue weighted by Crippen LogP contribution is -2.17. The summed E-state index contributed by atoms with van der Waals surface area (Å²) in [6.07, 6.45) is 0.292. The van der Waals surface area contributed by atoms with Gasteiger partial charge in [-0.05, 0) is 25.0 Å². The van der Waals surface area contributed by atoms with Gasteiger partial charge in [0.1, 0.15) is 0 Å². The van der Waals surface area contributed by atoms with Crippen LogP contribution in [0.3, 0.4) is 0 Å². The van der Waals surface area contributed by atoms with E-state index in [2.05, 4.69) is 4.98 Å². The summed E-state index contributed by atoms with van der Waals surface area (Å²) >= 11 is 0. The Bertz CT molecular complexity index is 694. The van der Waals surface area contributed by atoms with Crippen LogP contribution in [0.5, 0.6) is 0 Å². The van der Waals surface area contributed by atoms with Crippen molar-refractivity contribution in [1.29, 1.82) is 0 Å². The Labute approximate surface area is 115 Å². The maximum absolute atomic E-state index is 11.4. The van der Waals surface area contributed by atoms with E-state index in [1.807, 2.05) is 19.1 Å². The molecule has 2 rings (SSSR count). The Hall–Kier alpha value is -2.43. The number of hydrogen-bond donors (Lipinski definition) is 2. The van der Waals surface area contributed by atoms with Gasteiger partial charge in [-0.3, -0.25) is 9.78 Å². The van der Waals surface area contributed by atoms with Gasteiger partial charge in [-0.15, -0.1) is 0 Å². The summed E-state index contributed by atoms with van der Waals surface area (Å²) in [5.74, 6) is -3.13. The highest BCUT2D eigenvalue weighted by Crippen LogP contribution is 2.27. The summed E-state index contributed by atoms with van der Waals surface area (Å²) in [5.41, 5.74) is 1.61. The Balaban J connectivity index is 2.79. The van der Waals surface area contributed by atoms with Crippen LogP contribution in [0.1, 0.15) is 40.9 Å². The number of aromatic nitrogens is 1. The van der Waals surface area contributed by atoms with E-state index in [-0.39, 0.29) is 11.3 Å². The third-order valence-electron chi connectivity index (χ3n) is 3.34. The smallest absolute Gasteiger partial charge is 0.337 e. The number of rotatable bonds is 4. The fourth-order valence-electron chi connectivity index (χ4n) is 2.28. The van der Waals surface area contributed by atoms with E-state index in [9.17, 15) is 19.8 Å². The molecule has 1 atom stereocenters. The van der Waals surface area contributed by atoms with Crippen LogP contribution in [0.25, 0.3) is 10.9 Å². The van der Waals surface area contributed by atoms with E-state index in [0.717, 1.165) is 5.56 Å². The molecule has 1 unspecified atom stereocenters. The molecule has 20 heavy (non-hydrogen) atoms. The van der Waals surface area contributed by atoms with Crippen LogP contribution in [0.2, 0.25) is 0 Å². The van der Waals surface area contributed by atoms with Gasteiger partial charge < -0.3 is 10.2 Å². The number of carboxylic acid groups (broad SMARTS) is 2. The quantitative estimate of drug-likeness (QED) is 0.894. The fraction of sp³-hybridized carbons (Fsp3) is 0.267. The Morgan fingerprint density at radius 3 is 2.55 bits per heavy atom. The van der Waals surface area contributed by atoms with Gasteiger partial charge in [0.2, 0.25) is 0 Å². The second-order valence-corrected chi connectivity index (χ2v) is 4.67. The van der Waals surface area contributed by atoms with Crippen molar-refractivity contribution in [3.05, 3.63) is 41.1 Å². The highest BCUT2D eigenvalue weighted by atomic mass is 16.4. The Morgan fingerprint density at radius 1 is 1.30 bits per heavy atom. The molecule has 0 aliphatic carbocycles. The molecule has 1 aromatic heterocycles. The number of para-hydroxylation sites is 1. The molecule has 0 aliphatic rings. The number of benzene rings is 1. The molecule has 0 amide bonds. The summed E-state index contributed by atoms with van der Waals surface area (Å²) in [6, 6.07) is 6.95. The average molecular weight is 273 g/mol. The van der Waals surface area contributed by atoms with Crippen molar-refractivity contribution in [2.75, 3.05) is 0 Å². The van der Waals surface area contributed by atoms with Crippen LogP contribution in [0.15, 0.2) is 24.3 Å². The normalized spacial score (nSPS) is 12.3. The number of fused-ring (bicyclic) bond motifs is 1. The van der Waals surface area contributed by atoms with Gasteiger partial charge in [-0.2, -0.15) is 0 Å². The molecule has 1 aromatic carbocycles. The zero-order chi connectivity index (χ0) is 14.9. The number of carboxylic acids is 2. The van der Waals surface area contributed by atoms with E-state index in [0.29, 0.717) is 17.3 Å². The molecule has 0 spiro atoms. The summed E-state index contributed by atoms with van der Waals surface area (Å²) in [6.45, 7) is 3.56. The maximum atomic E-state index is 11.4. The van der Waals surface area contributed by atoms with Crippen LogP contribution >= 0.6 is 0 Å². The number of aryl methyl sites for hydroxylation is 1. The van der Waals surface area contributed by atoms with E-state index >= 15 is 0 Å². The first-order chi connectivity index (χ1) is 9.45. The number of aliphatic carboxylic acids is 1. The molecule has 0 fully saturated rings. The van der Waals surface area contributed by atoms with Crippen molar-refractivity contribution in [2.45, 2.75) is 26.2 Å². The van der Waals surface area contributed by atoms with Crippen LogP contribution in [0.4, 0.5) is 0 Å². The second kappa shape index (κ2) is 5.28. The molecular formula is C15H15NO4. The van der Waals surface area contributed by atoms with E-state index in [4.69, 9.17) is 0 Å². The molecule has 0 saturated carbocycles. The third kappa shape index (κ3) is 2.34. The predicted molar refractivity (Wildman–Crippen MR) is 74.1 cm³/mol. The molecule has 5 nitrogen and oxygen atoms in total. The minimum absolute atomic E-state index is 0.0441. The monoisotopic (exact) mass is 273 g/mol. The summed E-state index contributed by atoms with van der Waals surface area (Å²) in [7, 11) is 0. The minimum Gasteiger partial charge on any atom is -0.481 e. The Kier molecular flexibility index (Phi) is 3.70. The van der Waals surface area contributed by atoms with Crippen molar-refractivity contribution in [1.82, 2.24) is 4.98 Å². The molecule has 104 valence electrons. The van der Waals surface area contributed by atoms with Crippen LogP contribution in [0, 0.1) is 6.92 Å². The SMILES string of the molecule is CCC(C(=O)O)c1nc2c(C)cccc2cc1C(=O)O. The van der Waals surface area contributed by atoms with Crippen molar-refractivity contribution in [2.24, 2.45) is 0 Å². The minimum atomic E-state index is -1.16. The first-order valence-electron chi connectivity index (χ1n) is 6.32. The van der Waals surface area contributed by atoms with Crippen molar-refractivity contribution in [3.63, 3.8) is 0 Å². The van der Waals surface area contributed by atoms with E-state index in [1.165, 1.54) is 6.07 Å². The highest BCUT2D eigenvalue weighted by Gasteiger charge is 2.26. The van der Waals surface area contributed by atoms with E-state index in [1.54, 1.807) is 13.0 Å². The molecule has 5 heteroatoms. The van der Waals surface area contributed by atoms with Gasteiger partial charge in [0, 0.05) is 5.39 Å². The largest absolute Gasteiger partial charge is 0.481 e. The number of carbonyl (C=O) groups is 2. The molecular weight excluding hydrogens is 258 g/mol. The van der Waals surface area contributed by atoms with Crippen molar-refractivity contribution in [3.8, 4) is 0 Å². The molecule has 0 bridgehead atoms. The van der Waals surface area contributed by atoms with Crippen LogP contribution in [-0.2, 0) is 4.79 Å². The fourth-order valence-corrected chi connectivity index (χ4v) is 2.28. The highest BCUT2D eigenvalue weighted by molar-refractivity contribution is 5.96. The van der Waals surface area contributed by atoms with Crippen LogP contribution < -0.4 is 0 Å². The number of hydrogen-bond acceptors (Lipinski definition) is 3. The zero-order valence-corrected chi connectivity index (χ0v) is 11.3. The molecule has 0 saturated heterocycles. The molecule has 2 aromatic rings. The van der Waals surface area contributed by atoms with Gasteiger partial charge in [0.15, 0.2) is 0 Å². The number of nitrogens with zero attached hydrogens (tertiary/aromatic N) is 1. The van der Waals surface area contributed by atoms with Gasteiger partial charge in [0.05, 0.1) is 22.7 Å². The van der Waals surface area contributed by atoms with E-state index < -0.39 is 17.9 Å². The molecule has 2 N–H and O–H groups in total. The van der Waals surface area contributed by atoms with Crippen LogP contribution in [-0.4, -0.2) is 27.1 Å². The number of pyridine rings is 1. The molecule has 0 radical (unpaired) electrons. The summed E-state index contributed by atoms with van der Waals surface area (Å²) in [5, 5.41) is 19.2.